The summed E-state index contributed by atoms with van der Waals surface area (Å²) in [5, 5.41) is 0. The van der Waals surface area contributed by atoms with Crippen LogP contribution < -0.4 is 24.9 Å². The fraction of sp³-hybridized carbons (Fsp3) is 0. The molecule has 0 radical (unpaired) electrons. The minimum atomic E-state index is -5.39. The van der Waals surface area contributed by atoms with Crippen molar-refractivity contribution >= 4 is 82.4 Å². The molecule has 0 aromatic rings. The van der Waals surface area contributed by atoms with Crippen molar-refractivity contribution in [2.75, 3.05) is 0 Å². The maximum Gasteiger partial charge on any atom is 0.445 e. The molecular weight excluding hydrogens is 329 g/mol. The van der Waals surface area contributed by atoms with Crippen molar-refractivity contribution in [3.05, 3.63) is 0 Å². The van der Waals surface area contributed by atoms with Gasteiger partial charge in [0.05, 0.1) is 0 Å². The van der Waals surface area contributed by atoms with Crippen LogP contribution in [0, 0.1) is 0 Å². The minimum Gasteiger partial charge on any atom is -0.822 e. The standard InChI is InChI=1S/3NS2.H3O4P/c3*2-1-3;1-5(2,3)4/h;;;(H3,1,2,3,4)/q3*+1;/p-3. The first-order chi connectivity index (χ1) is 6.24. The molecule has 0 bridgehead atoms. The summed E-state index contributed by atoms with van der Waals surface area (Å²) >= 11 is 23.0. The molecule has 14 heteroatoms. The smallest absolute Gasteiger partial charge is 0.445 e. The van der Waals surface area contributed by atoms with Gasteiger partial charge in [0.25, 0.3) is 0 Å². The van der Waals surface area contributed by atoms with E-state index >= 15 is 0 Å². The Morgan fingerprint density at radius 2 is 0.714 bits per heavy atom. The Morgan fingerprint density at radius 1 is 0.714 bits per heavy atom. The molecule has 7 nitrogen and oxygen atoms in total. The molecule has 0 amide bonds. The molecule has 0 spiro atoms. The van der Waals surface area contributed by atoms with Gasteiger partial charge in [0.15, 0.2) is 0 Å². The molecule has 80 valence electrons. The van der Waals surface area contributed by atoms with Gasteiger partial charge < -0.3 is 19.2 Å². The van der Waals surface area contributed by atoms with Gasteiger partial charge >= 0.3 is 74.6 Å². The lowest BCUT2D eigenvalue weighted by molar-refractivity contribution is -0.432. The van der Waals surface area contributed by atoms with Crippen molar-refractivity contribution in [2.24, 2.45) is 0 Å². The quantitative estimate of drug-likeness (QED) is 0.318. The lowest BCUT2D eigenvalue weighted by Crippen LogP contribution is -2.24. The van der Waals surface area contributed by atoms with Crippen LogP contribution in [-0.2, 0) is 79.1 Å². The maximum absolute atomic E-state index is 8.55. The molecule has 0 heterocycles. The summed E-state index contributed by atoms with van der Waals surface area (Å²) in [7, 11) is -5.39. The van der Waals surface area contributed by atoms with Gasteiger partial charge in [0.2, 0.25) is 0 Å². The van der Waals surface area contributed by atoms with Gasteiger partial charge in [0, 0.05) is 0 Å². The summed E-state index contributed by atoms with van der Waals surface area (Å²) in [6.07, 6.45) is 0. The highest BCUT2D eigenvalue weighted by Crippen LogP contribution is 2.03. The van der Waals surface area contributed by atoms with Crippen molar-refractivity contribution in [3.63, 3.8) is 0 Å². The van der Waals surface area contributed by atoms with Gasteiger partial charge in [-0.15, -0.1) is 0 Å². The largest absolute Gasteiger partial charge is 0.822 e. The monoisotopic (exact) mass is 329 g/mol. The van der Waals surface area contributed by atoms with Crippen LogP contribution >= 0.6 is 7.82 Å². The Kier molecular flexibility index (Phi) is 40.1. The Labute approximate surface area is 111 Å². The predicted molar refractivity (Wildman–Crippen MR) is 58.2 cm³/mol. The molecule has 0 rings (SSSR count). The van der Waals surface area contributed by atoms with E-state index in [-0.39, 0.29) is 0 Å². The van der Waals surface area contributed by atoms with E-state index in [1.165, 1.54) is 0 Å². The second-order valence-corrected chi connectivity index (χ2v) is 3.35. The van der Waals surface area contributed by atoms with E-state index in [2.05, 4.69) is 84.8 Å². The molecule has 0 N–H and O–H groups in total. The minimum absolute atomic E-state index is 2.67. The van der Waals surface area contributed by atoms with Crippen LogP contribution in [0.2, 0.25) is 0 Å². The van der Waals surface area contributed by atoms with Crippen LogP contribution in [0.1, 0.15) is 0 Å². The fourth-order valence-electron chi connectivity index (χ4n) is 0. The zero-order valence-electron chi connectivity index (χ0n) is 5.87. The normalized spacial score (nSPS) is 5.93. The molecule has 0 aliphatic carbocycles. The van der Waals surface area contributed by atoms with Crippen LogP contribution in [0.25, 0.3) is 0 Å². The average molecular weight is 329 g/mol. The molecule has 14 heavy (non-hydrogen) atoms. The summed E-state index contributed by atoms with van der Waals surface area (Å²) in [4.78, 5) is 25.6. The number of phosphoric acid groups is 1. The zero-order valence-corrected chi connectivity index (χ0v) is 11.7. The molecule has 0 aromatic carbocycles. The van der Waals surface area contributed by atoms with E-state index in [0.717, 1.165) is 0 Å². The van der Waals surface area contributed by atoms with Crippen molar-refractivity contribution in [3.8, 4) is 0 Å². The second kappa shape index (κ2) is 23.4. The van der Waals surface area contributed by atoms with Crippen LogP contribution in [0.4, 0.5) is 0 Å². The number of rotatable bonds is 0. The summed E-state index contributed by atoms with van der Waals surface area (Å²) in [6.45, 7) is 0. The number of nitrogens with zero attached hydrogens (tertiary/aromatic N) is 3. The maximum atomic E-state index is 8.55. The first kappa shape index (κ1) is 24.0. The van der Waals surface area contributed by atoms with Crippen LogP contribution in [0.5, 0.6) is 0 Å². The summed E-state index contributed by atoms with van der Waals surface area (Å²) in [5.74, 6) is 0. The Hall–Kier alpha value is 0.560. The Morgan fingerprint density at radius 3 is 0.714 bits per heavy atom. The van der Waals surface area contributed by atoms with Crippen molar-refractivity contribution in [1.82, 2.24) is 10.2 Å². The first-order valence-corrected chi connectivity index (χ1v) is 5.48. The van der Waals surface area contributed by atoms with Crippen LogP contribution in [0.15, 0.2) is 0 Å². The van der Waals surface area contributed by atoms with Gasteiger partial charge in [-0.25, -0.2) is 0 Å². The molecule has 0 aromatic heterocycles. The lowest BCUT2D eigenvalue weighted by atomic mass is 14.0. The third-order valence-corrected chi connectivity index (χ3v) is 0. The van der Waals surface area contributed by atoms with E-state index in [4.69, 9.17) is 19.2 Å². The first-order valence-electron chi connectivity index (χ1n) is 1.83. The summed E-state index contributed by atoms with van der Waals surface area (Å²) in [5.41, 5.74) is 0. The second-order valence-electron chi connectivity index (χ2n) is 0.671. The third-order valence-electron chi connectivity index (χ3n) is 0. The number of hydrogen-bond acceptors (Lipinski definition) is 10. The fourth-order valence-corrected chi connectivity index (χ4v) is 0. The van der Waals surface area contributed by atoms with Gasteiger partial charge in [-0.2, -0.15) is 7.82 Å². The molecular formula is N3O4PS6. The average Bonchev–Trinajstić information content (AvgIpc) is 1.86. The SMILES string of the molecule is O=P([O-])([O-])[O-].S=[N+]=S.S=[N+]=S.S=[N+]=S. The molecule has 0 atom stereocenters. The van der Waals surface area contributed by atoms with E-state index in [1.807, 2.05) is 0 Å². The topological polar surface area (TPSA) is 129 Å². The molecule has 0 aliphatic heterocycles. The molecule has 0 aliphatic rings. The van der Waals surface area contributed by atoms with Gasteiger partial charge in [-0.1, -0.05) is 0 Å². The Balaban J connectivity index is -0.0000000495. The van der Waals surface area contributed by atoms with E-state index in [1.54, 1.807) is 0 Å². The summed E-state index contributed by atoms with van der Waals surface area (Å²) < 4.78 is 16.5. The van der Waals surface area contributed by atoms with E-state index < -0.39 is 7.82 Å². The molecule has 0 fully saturated rings. The highest BCUT2D eigenvalue weighted by molar-refractivity contribution is 7.56. The molecule has 0 unspecified atom stereocenters. The van der Waals surface area contributed by atoms with Crippen LogP contribution in [-0.4, -0.2) is 0 Å². The van der Waals surface area contributed by atoms with Gasteiger partial charge in [0.1, 0.15) is 10.2 Å². The number of hydrogen-bond donors (Lipinski definition) is 0. The molecule has 0 saturated carbocycles. The third kappa shape index (κ3) is 5350. The van der Waals surface area contributed by atoms with Crippen molar-refractivity contribution < 1.29 is 19.2 Å². The lowest BCUT2D eigenvalue weighted by Gasteiger charge is -2.36. The van der Waals surface area contributed by atoms with Gasteiger partial charge in [-0.05, 0) is 0 Å². The molecule has 0 saturated heterocycles. The highest BCUT2D eigenvalue weighted by atomic mass is 32.1. The predicted octanol–water partition coefficient (Wildman–Crippen LogP) is -4.28. The van der Waals surface area contributed by atoms with Crippen LogP contribution in [0.3, 0.4) is 0 Å². The van der Waals surface area contributed by atoms with Crippen molar-refractivity contribution in [2.45, 2.75) is 0 Å². The summed E-state index contributed by atoms with van der Waals surface area (Å²) in [6, 6.07) is 0. The van der Waals surface area contributed by atoms with E-state index in [0.29, 0.717) is 0 Å². The van der Waals surface area contributed by atoms with Crippen molar-refractivity contribution in [1.29, 1.82) is 0 Å². The zero-order chi connectivity index (χ0) is 12.6. The van der Waals surface area contributed by atoms with Gasteiger partial charge in [-0.3, -0.25) is 0 Å². The Bertz CT molecular complexity index is 215. The van der Waals surface area contributed by atoms with E-state index in [9.17, 15) is 0 Å². The highest BCUT2D eigenvalue weighted by Gasteiger charge is 1.44.